The molecule has 0 aliphatic rings. The standard InChI is InChI=1S/C19H16ClFN2O5S/c1-28-19(25)14-10-22(17-6-4-3-5-13(14)17)18(24)11-23(29(2,26)27)12-7-8-16(21)15(20)9-12/h3-10H,11H2,1-2H3. The van der Waals surface area contributed by atoms with Crippen LogP contribution in [0.4, 0.5) is 10.1 Å². The van der Waals surface area contributed by atoms with Crippen LogP contribution < -0.4 is 4.31 Å². The highest BCUT2D eigenvalue weighted by Gasteiger charge is 2.25. The molecule has 0 unspecified atom stereocenters. The number of para-hydroxylation sites is 1. The van der Waals surface area contributed by atoms with Gasteiger partial charge in [0.05, 0.1) is 35.2 Å². The van der Waals surface area contributed by atoms with Crippen LogP contribution >= 0.6 is 11.6 Å². The molecule has 0 amide bonds. The fourth-order valence-corrected chi connectivity index (χ4v) is 3.91. The average molecular weight is 439 g/mol. The summed E-state index contributed by atoms with van der Waals surface area (Å²) in [4.78, 5) is 25.0. The van der Waals surface area contributed by atoms with Crippen molar-refractivity contribution in [3.8, 4) is 0 Å². The monoisotopic (exact) mass is 438 g/mol. The minimum atomic E-state index is -3.89. The first kappa shape index (κ1) is 20.8. The van der Waals surface area contributed by atoms with E-state index in [0.717, 1.165) is 22.7 Å². The number of hydrogen-bond acceptors (Lipinski definition) is 5. The van der Waals surface area contributed by atoms with Crippen molar-refractivity contribution in [3.63, 3.8) is 0 Å². The van der Waals surface area contributed by atoms with Crippen LogP contribution in [-0.4, -0.2) is 44.8 Å². The van der Waals surface area contributed by atoms with Crippen molar-refractivity contribution in [2.24, 2.45) is 0 Å². The summed E-state index contributed by atoms with van der Waals surface area (Å²) in [5.41, 5.74) is 0.632. The summed E-state index contributed by atoms with van der Waals surface area (Å²) in [6, 6.07) is 10.0. The van der Waals surface area contributed by atoms with Gasteiger partial charge in [0.25, 0.3) is 5.91 Å². The quantitative estimate of drug-likeness (QED) is 0.570. The lowest BCUT2D eigenvalue weighted by atomic mass is 10.2. The third kappa shape index (κ3) is 4.10. The Balaban J connectivity index is 2.05. The Bertz CT molecular complexity index is 1220. The summed E-state index contributed by atoms with van der Waals surface area (Å²) in [6.07, 6.45) is 2.22. The highest BCUT2D eigenvalue weighted by Crippen LogP contribution is 2.26. The van der Waals surface area contributed by atoms with Gasteiger partial charge in [-0.25, -0.2) is 17.6 Å². The van der Waals surface area contributed by atoms with E-state index in [1.165, 1.54) is 23.9 Å². The molecule has 2 aromatic carbocycles. The molecule has 0 aliphatic heterocycles. The first-order valence-electron chi connectivity index (χ1n) is 8.28. The Morgan fingerprint density at radius 1 is 1.21 bits per heavy atom. The van der Waals surface area contributed by atoms with Crippen LogP contribution in [0.15, 0.2) is 48.7 Å². The van der Waals surface area contributed by atoms with Crippen LogP contribution in [-0.2, 0) is 14.8 Å². The van der Waals surface area contributed by atoms with Crippen LogP contribution in [0.3, 0.4) is 0 Å². The molecule has 1 aromatic heterocycles. The van der Waals surface area contributed by atoms with Gasteiger partial charge in [0.1, 0.15) is 12.4 Å². The molecular formula is C19H16ClFN2O5S. The lowest BCUT2D eigenvalue weighted by Crippen LogP contribution is -2.36. The van der Waals surface area contributed by atoms with Crippen molar-refractivity contribution in [2.45, 2.75) is 0 Å². The molecular weight excluding hydrogens is 423 g/mol. The van der Waals surface area contributed by atoms with Crippen molar-refractivity contribution in [2.75, 3.05) is 24.2 Å². The highest BCUT2D eigenvalue weighted by atomic mass is 35.5. The minimum Gasteiger partial charge on any atom is -0.465 e. The summed E-state index contributed by atoms with van der Waals surface area (Å²) in [7, 11) is -2.67. The van der Waals surface area contributed by atoms with Crippen LogP contribution in [0.1, 0.15) is 15.2 Å². The summed E-state index contributed by atoms with van der Waals surface area (Å²) < 4.78 is 44.7. The zero-order valence-electron chi connectivity index (χ0n) is 15.4. The molecule has 0 spiro atoms. The van der Waals surface area contributed by atoms with Crippen molar-refractivity contribution in [1.82, 2.24) is 4.57 Å². The fraction of sp³-hybridized carbons (Fsp3) is 0.158. The normalized spacial score (nSPS) is 11.4. The van der Waals surface area contributed by atoms with E-state index in [1.807, 2.05) is 0 Å². The van der Waals surface area contributed by atoms with Gasteiger partial charge < -0.3 is 4.74 Å². The van der Waals surface area contributed by atoms with Crippen LogP contribution in [0.25, 0.3) is 10.9 Å². The van der Waals surface area contributed by atoms with E-state index in [4.69, 9.17) is 16.3 Å². The zero-order valence-corrected chi connectivity index (χ0v) is 17.0. The number of esters is 1. The van der Waals surface area contributed by atoms with E-state index in [9.17, 15) is 22.4 Å². The molecule has 0 saturated heterocycles. The molecule has 10 heteroatoms. The van der Waals surface area contributed by atoms with Gasteiger partial charge in [0.2, 0.25) is 10.0 Å². The van der Waals surface area contributed by atoms with E-state index < -0.39 is 34.3 Å². The zero-order chi connectivity index (χ0) is 21.3. The van der Waals surface area contributed by atoms with Crippen LogP contribution in [0, 0.1) is 5.82 Å². The number of carbonyl (C=O) groups is 2. The summed E-state index contributed by atoms with van der Waals surface area (Å²) in [5.74, 6) is -1.96. The molecule has 0 aliphatic carbocycles. The van der Waals surface area contributed by atoms with Gasteiger partial charge in [-0.05, 0) is 24.3 Å². The van der Waals surface area contributed by atoms with Gasteiger partial charge in [-0.3, -0.25) is 13.7 Å². The number of anilines is 1. The number of halogens is 2. The predicted molar refractivity (Wildman–Crippen MR) is 108 cm³/mol. The predicted octanol–water partition coefficient (Wildman–Crippen LogP) is 3.33. The number of methoxy groups -OCH3 is 1. The van der Waals surface area contributed by atoms with Crippen LogP contribution in [0.2, 0.25) is 5.02 Å². The number of carbonyl (C=O) groups excluding carboxylic acids is 2. The van der Waals surface area contributed by atoms with Crippen molar-refractivity contribution >= 4 is 50.1 Å². The Labute approximate surface area is 171 Å². The molecule has 0 saturated carbocycles. The molecule has 0 radical (unpaired) electrons. The molecule has 0 fully saturated rings. The highest BCUT2D eigenvalue weighted by molar-refractivity contribution is 7.92. The maximum Gasteiger partial charge on any atom is 0.340 e. The number of aromatic nitrogens is 1. The Morgan fingerprint density at radius 3 is 2.52 bits per heavy atom. The third-order valence-corrected chi connectivity index (χ3v) is 5.69. The number of fused-ring (bicyclic) bond motifs is 1. The van der Waals surface area contributed by atoms with E-state index in [0.29, 0.717) is 10.9 Å². The molecule has 7 nitrogen and oxygen atoms in total. The van der Waals surface area contributed by atoms with Crippen LogP contribution in [0.5, 0.6) is 0 Å². The van der Waals surface area contributed by atoms with Crippen molar-refractivity contribution < 1.29 is 27.1 Å². The average Bonchev–Trinajstić information content (AvgIpc) is 3.06. The first-order valence-corrected chi connectivity index (χ1v) is 10.5. The van der Waals surface area contributed by atoms with E-state index >= 15 is 0 Å². The largest absolute Gasteiger partial charge is 0.465 e. The Kier molecular flexibility index (Phi) is 5.63. The van der Waals surface area contributed by atoms with Crippen molar-refractivity contribution in [3.05, 3.63) is 65.1 Å². The number of benzene rings is 2. The van der Waals surface area contributed by atoms with Gasteiger partial charge >= 0.3 is 5.97 Å². The second kappa shape index (κ2) is 7.84. The molecule has 1 heterocycles. The van der Waals surface area contributed by atoms with Gasteiger partial charge in [0, 0.05) is 11.6 Å². The van der Waals surface area contributed by atoms with E-state index in [1.54, 1.807) is 24.3 Å². The number of hydrogen-bond donors (Lipinski definition) is 0. The second-order valence-corrected chi connectivity index (χ2v) is 8.50. The van der Waals surface area contributed by atoms with Gasteiger partial charge in [-0.1, -0.05) is 29.8 Å². The number of nitrogens with zero attached hydrogens (tertiary/aromatic N) is 2. The van der Waals surface area contributed by atoms with Crippen molar-refractivity contribution in [1.29, 1.82) is 0 Å². The number of rotatable bonds is 5. The van der Waals surface area contributed by atoms with E-state index in [-0.39, 0.29) is 16.3 Å². The molecule has 152 valence electrons. The molecule has 0 atom stereocenters. The molecule has 0 N–H and O–H groups in total. The Hall–Kier alpha value is -2.91. The fourth-order valence-electron chi connectivity index (χ4n) is 2.90. The van der Waals surface area contributed by atoms with Gasteiger partial charge in [-0.2, -0.15) is 0 Å². The molecule has 3 rings (SSSR count). The maximum absolute atomic E-state index is 13.5. The lowest BCUT2D eigenvalue weighted by Gasteiger charge is -2.22. The maximum atomic E-state index is 13.5. The first-order chi connectivity index (χ1) is 13.6. The second-order valence-electron chi connectivity index (χ2n) is 6.18. The van der Waals surface area contributed by atoms with Gasteiger partial charge in [-0.15, -0.1) is 0 Å². The topological polar surface area (TPSA) is 85.7 Å². The smallest absolute Gasteiger partial charge is 0.340 e. The summed E-state index contributed by atoms with van der Waals surface area (Å²) >= 11 is 5.76. The van der Waals surface area contributed by atoms with E-state index in [2.05, 4.69) is 0 Å². The number of ether oxygens (including phenoxy) is 1. The van der Waals surface area contributed by atoms with Gasteiger partial charge in [0.15, 0.2) is 0 Å². The summed E-state index contributed by atoms with van der Waals surface area (Å²) in [5, 5.41) is 0.214. The summed E-state index contributed by atoms with van der Waals surface area (Å²) in [6.45, 7) is -0.583. The SMILES string of the molecule is COC(=O)c1cn(C(=O)CN(c2ccc(F)c(Cl)c2)S(C)(=O)=O)c2ccccc12. The molecule has 3 aromatic rings. The Morgan fingerprint density at radius 2 is 1.90 bits per heavy atom. The third-order valence-electron chi connectivity index (χ3n) is 4.26. The number of sulfonamides is 1. The lowest BCUT2D eigenvalue weighted by molar-refractivity contribution is 0.0603. The molecule has 0 bridgehead atoms. The molecule has 29 heavy (non-hydrogen) atoms. The minimum absolute atomic E-state index is 0.0388.